The van der Waals surface area contributed by atoms with Crippen LogP contribution in [-0.2, 0) is 55.4 Å². The number of nitrogens with zero attached hydrogens (tertiary/aromatic N) is 3. The highest BCUT2D eigenvalue weighted by Crippen LogP contribution is 2.67. The Morgan fingerprint density at radius 2 is 1.73 bits per heavy atom. The van der Waals surface area contributed by atoms with E-state index < -0.39 is 81.7 Å². The fourth-order valence-corrected chi connectivity index (χ4v) is 15.6. The number of aryl methyl sites for hydroxylation is 1. The van der Waals surface area contributed by atoms with Gasteiger partial charge in [-0.1, -0.05) is 57.2 Å². The summed E-state index contributed by atoms with van der Waals surface area (Å²) in [6, 6.07) is 11.4. The van der Waals surface area contributed by atoms with E-state index in [1.54, 1.807) is 0 Å². The Kier molecular flexibility index (Phi) is 17.1. The lowest BCUT2D eigenvalue weighted by Crippen LogP contribution is -2.80. The number of rotatable bonds is 22. The number of hydrogen-bond donors (Lipinski definition) is 6. The van der Waals surface area contributed by atoms with Crippen LogP contribution < -0.4 is 10.2 Å². The maximum atomic E-state index is 15.2. The molecular weight excluding hydrogens is 995 g/mol. The Hall–Kier alpha value is -4.72. The lowest BCUT2D eigenvalue weighted by molar-refractivity contribution is -0.202. The molecule has 2 saturated heterocycles. The predicted molar refractivity (Wildman–Crippen MR) is 296 cm³/mol. The molecule has 2 bridgehead atoms. The van der Waals surface area contributed by atoms with Gasteiger partial charge in [-0.15, -0.1) is 0 Å². The second kappa shape index (κ2) is 23.0. The highest BCUT2D eigenvalue weighted by atomic mass is 16.7. The van der Waals surface area contributed by atoms with E-state index in [0.717, 1.165) is 61.2 Å². The second-order valence-electron chi connectivity index (χ2n) is 24.1. The van der Waals surface area contributed by atoms with Crippen LogP contribution in [0.1, 0.15) is 140 Å². The van der Waals surface area contributed by atoms with Gasteiger partial charge in [0.1, 0.15) is 18.8 Å². The van der Waals surface area contributed by atoms with Crippen molar-refractivity contribution in [3.63, 3.8) is 0 Å². The molecule has 8 unspecified atom stereocenters. The summed E-state index contributed by atoms with van der Waals surface area (Å²) >= 11 is 0. The number of anilines is 1. The number of aliphatic hydroxyl groups is 4. The fraction of sp³-hybridized carbons (Fsp3) is 0.672. The van der Waals surface area contributed by atoms with E-state index in [0.29, 0.717) is 45.2 Å². The molecular formula is C61H87N5O12. The Morgan fingerprint density at radius 3 is 2.46 bits per heavy atom. The zero-order valence-electron chi connectivity index (χ0n) is 47.4. The molecule has 2 aromatic carbocycles. The molecule has 1 spiro atoms. The average Bonchev–Trinajstić information content (AvgIpc) is 3.45. The smallest absolute Gasteiger partial charge is 0.328 e. The molecule has 3 fully saturated rings. The van der Waals surface area contributed by atoms with Crippen molar-refractivity contribution in [3.05, 3.63) is 76.5 Å². The summed E-state index contributed by atoms with van der Waals surface area (Å²) in [5.41, 5.74) is 2.93. The van der Waals surface area contributed by atoms with E-state index in [-0.39, 0.29) is 63.9 Å². The number of fused-ring (bicyclic) bond motifs is 6. The number of aromatic nitrogens is 1. The molecule has 17 heteroatoms. The molecule has 1 aliphatic carbocycles. The van der Waals surface area contributed by atoms with Crippen molar-refractivity contribution in [2.75, 3.05) is 71.6 Å². The van der Waals surface area contributed by atoms with Gasteiger partial charge in [0.15, 0.2) is 17.7 Å². The number of carbonyl (C=O) groups is 4. The number of ketones is 1. The third-order valence-electron chi connectivity index (χ3n) is 19.3. The van der Waals surface area contributed by atoms with Crippen LogP contribution in [0.4, 0.5) is 5.69 Å². The van der Waals surface area contributed by atoms with Gasteiger partial charge in [0.05, 0.1) is 31.0 Å². The molecule has 3 aromatic rings. The van der Waals surface area contributed by atoms with Crippen molar-refractivity contribution < 1.29 is 58.6 Å². The zero-order valence-corrected chi connectivity index (χ0v) is 47.4. The topological polar surface area (TPSA) is 224 Å². The number of carbonyl (C=O) groups excluding carboxylic acids is 4. The predicted octanol–water partition coefficient (Wildman–Crippen LogP) is 5.65. The summed E-state index contributed by atoms with van der Waals surface area (Å²) in [5, 5.41) is 51.8. The number of aliphatic hydroxyl groups excluding tert-OH is 2. The summed E-state index contributed by atoms with van der Waals surface area (Å²) in [4.78, 5) is 64.3. The number of likely N-dealkylation sites (N-methyl/N-ethyl adjacent to an activating group) is 1. The first-order valence-corrected chi connectivity index (χ1v) is 29.0. The van der Waals surface area contributed by atoms with Crippen LogP contribution in [0.5, 0.6) is 0 Å². The molecule has 6 aliphatic rings. The minimum Gasteiger partial charge on any atom is -0.464 e. The van der Waals surface area contributed by atoms with Gasteiger partial charge in [0.25, 0.3) is 0 Å². The summed E-state index contributed by atoms with van der Waals surface area (Å²) < 4.78 is 21.5. The van der Waals surface area contributed by atoms with E-state index in [4.69, 9.17) is 18.9 Å². The number of para-hydroxylation sites is 1. The van der Waals surface area contributed by atoms with Crippen LogP contribution in [0.15, 0.2) is 48.6 Å². The van der Waals surface area contributed by atoms with Crippen LogP contribution >= 0.6 is 0 Å². The van der Waals surface area contributed by atoms with E-state index in [1.807, 2.05) is 14.0 Å². The minimum absolute atomic E-state index is 0.0183. The van der Waals surface area contributed by atoms with Gasteiger partial charge in [-0.3, -0.25) is 24.2 Å². The number of methoxy groups -OCH3 is 1. The van der Waals surface area contributed by atoms with Gasteiger partial charge < -0.3 is 54.6 Å². The molecule has 17 nitrogen and oxygen atoms in total. The van der Waals surface area contributed by atoms with E-state index in [1.165, 1.54) is 36.2 Å². The molecule has 5 aliphatic heterocycles. The van der Waals surface area contributed by atoms with Crippen molar-refractivity contribution in [1.29, 1.82) is 0 Å². The molecule has 13 atom stereocenters. The second-order valence-corrected chi connectivity index (χ2v) is 24.1. The molecule has 1 amide bonds. The largest absolute Gasteiger partial charge is 0.464 e. The maximum Gasteiger partial charge on any atom is 0.328 e. The van der Waals surface area contributed by atoms with Gasteiger partial charge in [0.2, 0.25) is 5.91 Å². The third kappa shape index (κ3) is 10.1. The number of ether oxygens (including phenoxy) is 4. The van der Waals surface area contributed by atoms with Crippen LogP contribution in [0.25, 0.3) is 10.9 Å². The highest BCUT2D eigenvalue weighted by Gasteiger charge is 2.78. The Labute approximate surface area is 460 Å². The van der Waals surface area contributed by atoms with E-state index in [2.05, 4.69) is 101 Å². The van der Waals surface area contributed by atoms with Gasteiger partial charge in [-0.05, 0) is 132 Å². The van der Waals surface area contributed by atoms with Crippen LogP contribution in [0.3, 0.4) is 0 Å². The Balaban J connectivity index is 0.915. The normalized spacial score (nSPS) is 32.2. The van der Waals surface area contributed by atoms with Crippen molar-refractivity contribution in [1.82, 2.24) is 20.1 Å². The molecule has 6 N–H and O–H groups in total. The summed E-state index contributed by atoms with van der Waals surface area (Å²) in [7, 11) is 3.39. The standard InChI is InChI=1S/C61H87N5O12/c1-9-41(35-67)78-51(75-8)36-77-50(70)22-16-21-49(69)62-39(5)53(71)76-29-15-14-20-48(68)61(74)55-60(25-28-66-26-17-24-59(11-3,54(60)66)56(61)72)45-31-44(38(4)30-47(45)64(55)7)57(6)32-40-33-58(73,10-2)37-65(34-40)27-23-43-42-18-12-13-19-46(42)63-52(43)57/h12-13,17-19,24,30-31,39-41,51,54-56,63,67,72-74H,9-11,14-16,20-23,25-29,32-37H2,1-8H3,(H,62,69)/t39?,40?,41?,51?,54?,55?,56-,57-,58?,59-,60-,61+/m1/s1. The average molecular weight is 1080 g/mol. The van der Waals surface area contributed by atoms with Gasteiger partial charge in [-0.2, -0.15) is 0 Å². The number of hydrogen-bond acceptors (Lipinski definition) is 15. The third-order valence-corrected chi connectivity index (χ3v) is 19.3. The quantitative estimate of drug-likeness (QED) is 0.0310. The molecule has 1 saturated carbocycles. The van der Waals surface area contributed by atoms with Crippen molar-refractivity contribution in [2.45, 2.75) is 184 Å². The summed E-state index contributed by atoms with van der Waals surface area (Å²) in [6.07, 6.45) is 7.02. The molecule has 1 aromatic heterocycles. The first-order chi connectivity index (χ1) is 37.3. The van der Waals surface area contributed by atoms with Gasteiger partial charge in [-0.25, -0.2) is 4.79 Å². The number of Topliss-reactive ketones (excluding diaryl/α,β-unsaturated/α-hetero) is 1. The van der Waals surface area contributed by atoms with Crippen molar-refractivity contribution in [2.24, 2.45) is 11.3 Å². The Bertz CT molecular complexity index is 2730. The first kappa shape index (κ1) is 58.0. The SMILES string of the molecule is CCC(CO)OC(COC(=O)CCCC(=O)NC(C)C(=O)OCCCCC(=O)[C@]1(O)C2N(C)c3cc(C)c([C@@]4(C)CC5CN(CCc6c4[nH]c4ccccc64)CC(O)(CC)C5)cc3[C@@]23CCN2CC=C[C@](CC)(C23)[C@H]1O)OC. The minimum atomic E-state index is -2.17. The van der Waals surface area contributed by atoms with Crippen molar-refractivity contribution >= 4 is 40.2 Å². The van der Waals surface area contributed by atoms with E-state index in [9.17, 15) is 34.8 Å². The number of esters is 2. The molecule has 78 heavy (non-hydrogen) atoms. The number of benzene rings is 2. The summed E-state index contributed by atoms with van der Waals surface area (Å²) in [5.74, 6) is -1.83. The van der Waals surface area contributed by atoms with Gasteiger partial charge >= 0.3 is 11.9 Å². The van der Waals surface area contributed by atoms with Crippen molar-refractivity contribution in [3.8, 4) is 0 Å². The lowest BCUT2D eigenvalue weighted by atomic mass is 9.47. The first-order valence-electron chi connectivity index (χ1n) is 29.0. The maximum absolute atomic E-state index is 15.2. The fourth-order valence-electron chi connectivity index (χ4n) is 15.6. The molecule has 428 valence electrons. The number of nitrogens with one attached hydrogen (secondary N) is 2. The van der Waals surface area contributed by atoms with E-state index >= 15 is 4.79 Å². The number of unbranched alkanes of at least 4 members (excludes halogenated alkanes) is 1. The highest BCUT2D eigenvalue weighted by molar-refractivity contribution is 5.92. The zero-order chi connectivity index (χ0) is 56.0. The van der Waals surface area contributed by atoms with Crippen LogP contribution in [-0.4, -0.2) is 173 Å². The molecule has 9 rings (SSSR count). The number of piperidine rings is 1. The van der Waals surface area contributed by atoms with Crippen LogP contribution in [0.2, 0.25) is 0 Å². The monoisotopic (exact) mass is 1080 g/mol. The van der Waals surface area contributed by atoms with Crippen LogP contribution in [0, 0.1) is 18.3 Å². The number of amides is 1. The Morgan fingerprint density at radius 1 is 0.949 bits per heavy atom. The number of H-pyrrole nitrogens is 1. The number of aromatic amines is 1. The molecule has 0 radical (unpaired) electrons. The molecule has 6 heterocycles. The van der Waals surface area contributed by atoms with Gasteiger partial charge in [0, 0.05) is 104 Å². The summed E-state index contributed by atoms with van der Waals surface area (Å²) in [6.45, 7) is 15.6. The lowest BCUT2D eigenvalue weighted by Gasteiger charge is -2.63.